The third kappa shape index (κ3) is 6.54. The minimum atomic E-state index is -0.725. The van der Waals surface area contributed by atoms with Crippen LogP contribution in [0.4, 0.5) is 10.7 Å². The Morgan fingerprint density at radius 2 is 1.81 bits per heavy atom. The Bertz CT molecular complexity index is 973. The Balaban J connectivity index is 1.62. The van der Waals surface area contributed by atoms with Gasteiger partial charge in [-0.05, 0) is 54.9 Å². The van der Waals surface area contributed by atoms with E-state index in [1.807, 2.05) is 4.90 Å². The molecule has 0 saturated carbocycles. The van der Waals surface area contributed by atoms with E-state index in [9.17, 15) is 9.59 Å². The van der Waals surface area contributed by atoms with Crippen LogP contribution in [0.3, 0.4) is 0 Å². The van der Waals surface area contributed by atoms with Crippen molar-refractivity contribution in [1.82, 2.24) is 15.0 Å². The molecule has 0 unspecified atom stereocenters. The molecule has 0 N–H and O–H groups in total. The monoisotopic (exact) mass is 508 g/mol. The molecule has 1 aromatic heterocycles. The van der Waals surface area contributed by atoms with Gasteiger partial charge in [0.15, 0.2) is 0 Å². The molecule has 1 aliphatic heterocycles. The van der Waals surface area contributed by atoms with Crippen molar-refractivity contribution >= 4 is 34.0 Å². The van der Waals surface area contributed by atoms with Gasteiger partial charge in [0.25, 0.3) is 0 Å². The van der Waals surface area contributed by atoms with Crippen molar-refractivity contribution in [1.29, 1.82) is 0 Å². The number of hydrogen-bond acceptors (Lipinski definition) is 10. The summed E-state index contributed by atoms with van der Waals surface area (Å²) in [6.07, 6.45) is 0.872. The number of hydroxylamine groups is 2. The molecular formula is C21H25BrN4O6. The molecule has 1 saturated heterocycles. The van der Waals surface area contributed by atoms with Crippen molar-refractivity contribution in [3.05, 3.63) is 40.5 Å². The van der Waals surface area contributed by atoms with Crippen molar-refractivity contribution in [2.45, 2.75) is 26.4 Å². The zero-order valence-electron chi connectivity index (χ0n) is 18.3. The first-order valence-corrected chi connectivity index (χ1v) is 10.7. The van der Waals surface area contributed by atoms with Crippen molar-refractivity contribution < 1.29 is 28.6 Å². The number of carbonyl (C=O) groups excluding carboxylic acids is 2. The molecular weight excluding hydrogens is 484 g/mol. The molecule has 32 heavy (non-hydrogen) atoms. The van der Waals surface area contributed by atoms with E-state index in [0.29, 0.717) is 53.8 Å². The summed E-state index contributed by atoms with van der Waals surface area (Å²) in [5, 5.41) is 1.56. The van der Waals surface area contributed by atoms with Crippen LogP contribution < -0.4 is 9.64 Å². The van der Waals surface area contributed by atoms with E-state index in [4.69, 9.17) is 19.0 Å². The molecule has 1 fully saturated rings. The van der Waals surface area contributed by atoms with E-state index < -0.39 is 17.7 Å². The van der Waals surface area contributed by atoms with Crippen LogP contribution in [0.5, 0.6) is 11.6 Å². The summed E-state index contributed by atoms with van der Waals surface area (Å²) in [7, 11) is 1.32. The Labute approximate surface area is 194 Å². The van der Waals surface area contributed by atoms with Crippen LogP contribution in [0.15, 0.2) is 34.9 Å². The number of piperazine rings is 1. The van der Waals surface area contributed by atoms with Gasteiger partial charge >= 0.3 is 12.1 Å². The van der Waals surface area contributed by atoms with Crippen molar-refractivity contribution in [2.75, 3.05) is 38.2 Å². The molecule has 172 valence electrons. The molecule has 10 nitrogen and oxygen atoms in total. The van der Waals surface area contributed by atoms with Crippen LogP contribution in [-0.2, 0) is 14.3 Å². The number of hydrogen-bond donors (Lipinski definition) is 0. The van der Waals surface area contributed by atoms with Gasteiger partial charge in [-0.2, -0.15) is 4.98 Å². The lowest BCUT2D eigenvalue weighted by molar-refractivity contribution is -0.144. The standard InChI is InChI=1S/C21H25BrN4O6/c1-21(2,3)31-20(28)32-26-11-9-25(10-12-26)19-23-8-7-17(24-19)30-16-13-14(18(27)29-4)5-6-15(16)22/h5-8,13H,9-12H2,1-4H3. The molecule has 2 heterocycles. The minimum absolute atomic E-state index is 0.324. The largest absolute Gasteiger partial charge is 0.528 e. The van der Waals surface area contributed by atoms with Crippen molar-refractivity contribution in [3.63, 3.8) is 0 Å². The van der Waals surface area contributed by atoms with Crippen molar-refractivity contribution in [3.8, 4) is 11.6 Å². The highest BCUT2D eigenvalue weighted by molar-refractivity contribution is 9.10. The van der Waals surface area contributed by atoms with Gasteiger partial charge in [-0.15, -0.1) is 5.06 Å². The summed E-state index contributed by atoms with van der Waals surface area (Å²) < 4.78 is 16.5. The summed E-state index contributed by atoms with van der Waals surface area (Å²) >= 11 is 3.41. The lowest BCUT2D eigenvalue weighted by Gasteiger charge is -2.33. The van der Waals surface area contributed by atoms with Gasteiger partial charge in [0.1, 0.15) is 11.4 Å². The number of nitrogens with zero attached hydrogens (tertiary/aromatic N) is 4. The first kappa shape index (κ1) is 23.7. The lowest BCUT2D eigenvalue weighted by atomic mass is 10.2. The number of benzene rings is 1. The van der Waals surface area contributed by atoms with Gasteiger partial charge < -0.3 is 23.9 Å². The zero-order valence-corrected chi connectivity index (χ0v) is 19.9. The molecule has 0 atom stereocenters. The molecule has 11 heteroatoms. The fourth-order valence-corrected chi connectivity index (χ4v) is 3.16. The second kappa shape index (κ2) is 10.1. The predicted octanol–water partition coefficient (Wildman–Crippen LogP) is 3.81. The highest BCUT2D eigenvalue weighted by Crippen LogP contribution is 2.30. The third-order valence-corrected chi connectivity index (χ3v) is 4.95. The van der Waals surface area contributed by atoms with Crippen LogP contribution in [0, 0.1) is 0 Å². The van der Waals surface area contributed by atoms with Gasteiger partial charge in [0.05, 0.1) is 30.2 Å². The second-order valence-corrected chi connectivity index (χ2v) is 8.76. The Morgan fingerprint density at radius 3 is 2.47 bits per heavy atom. The van der Waals surface area contributed by atoms with E-state index in [2.05, 4.69) is 25.9 Å². The van der Waals surface area contributed by atoms with Crippen LogP contribution in [0.25, 0.3) is 0 Å². The van der Waals surface area contributed by atoms with E-state index in [1.54, 1.807) is 56.3 Å². The molecule has 0 bridgehead atoms. The van der Waals surface area contributed by atoms with Gasteiger partial charge in [0, 0.05) is 25.4 Å². The number of methoxy groups -OCH3 is 1. The maximum absolute atomic E-state index is 11.8. The Hall–Kier alpha value is -2.92. The molecule has 0 spiro atoms. The number of anilines is 1. The number of halogens is 1. The number of ether oxygens (including phenoxy) is 3. The third-order valence-electron chi connectivity index (χ3n) is 4.30. The minimum Gasteiger partial charge on any atom is -0.465 e. The van der Waals surface area contributed by atoms with E-state index >= 15 is 0 Å². The average molecular weight is 509 g/mol. The summed E-state index contributed by atoms with van der Waals surface area (Å²) in [5.74, 6) is 0.773. The molecule has 0 amide bonds. The SMILES string of the molecule is COC(=O)c1ccc(Br)c(Oc2ccnc(N3CCN(OC(=O)OC(C)(C)C)CC3)n2)c1. The quantitative estimate of drug-likeness (QED) is 0.553. The maximum Gasteiger partial charge on any atom is 0.528 e. The molecule has 1 aliphatic rings. The first-order chi connectivity index (χ1) is 15.1. The molecule has 2 aromatic rings. The van der Waals surface area contributed by atoms with E-state index in [-0.39, 0.29) is 0 Å². The summed E-state index contributed by atoms with van der Waals surface area (Å²) in [6.45, 7) is 7.39. The smallest absolute Gasteiger partial charge is 0.465 e. The Morgan fingerprint density at radius 1 is 1.09 bits per heavy atom. The summed E-state index contributed by atoms with van der Waals surface area (Å²) in [4.78, 5) is 39.6. The van der Waals surface area contributed by atoms with Crippen molar-refractivity contribution in [2.24, 2.45) is 0 Å². The fourth-order valence-electron chi connectivity index (χ4n) is 2.83. The van der Waals surface area contributed by atoms with Crippen LogP contribution >= 0.6 is 15.9 Å². The number of carbonyl (C=O) groups is 2. The predicted molar refractivity (Wildman–Crippen MR) is 119 cm³/mol. The van der Waals surface area contributed by atoms with Gasteiger partial charge in [-0.3, -0.25) is 0 Å². The van der Waals surface area contributed by atoms with Gasteiger partial charge in [-0.25, -0.2) is 14.6 Å². The van der Waals surface area contributed by atoms with Crippen LogP contribution in [-0.4, -0.2) is 66.0 Å². The number of esters is 1. The van der Waals surface area contributed by atoms with Gasteiger partial charge in [0.2, 0.25) is 11.8 Å². The van der Waals surface area contributed by atoms with Crippen LogP contribution in [0.1, 0.15) is 31.1 Å². The van der Waals surface area contributed by atoms with Gasteiger partial charge in [-0.1, -0.05) is 0 Å². The maximum atomic E-state index is 11.8. The molecule has 0 radical (unpaired) electrons. The topological polar surface area (TPSA) is 103 Å². The normalized spacial score (nSPS) is 14.6. The fraction of sp³-hybridized carbons (Fsp3) is 0.429. The zero-order chi connectivity index (χ0) is 23.3. The second-order valence-electron chi connectivity index (χ2n) is 7.91. The molecule has 3 rings (SSSR count). The number of rotatable bonds is 5. The lowest BCUT2D eigenvalue weighted by Crippen LogP contribution is -2.48. The van der Waals surface area contributed by atoms with E-state index in [0.717, 1.165) is 0 Å². The summed E-state index contributed by atoms with van der Waals surface area (Å²) in [5.41, 5.74) is -0.250. The molecule has 1 aromatic carbocycles. The Kier molecular flexibility index (Phi) is 7.52. The molecule has 0 aliphatic carbocycles. The first-order valence-electron chi connectivity index (χ1n) is 9.94. The van der Waals surface area contributed by atoms with Crippen LogP contribution in [0.2, 0.25) is 0 Å². The highest BCUT2D eigenvalue weighted by Gasteiger charge is 2.25. The average Bonchev–Trinajstić information content (AvgIpc) is 2.74. The van der Waals surface area contributed by atoms with E-state index in [1.165, 1.54) is 7.11 Å². The number of aromatic nitrogens is 2. The highest BCUT2D eigenvalue weighted by atomic mass is 79.9. The summed E-state index contributed by atoms with van der Waals surface area (Å²) in [6, 6.07) is 6.54.